The number of nitrogens with one attached hydrogen (secondary N) is 2. The molecule has 0 aliphatic carbocycles. The zero-order valence-corrected chi connectivity index (χ0v) is 16.7. The monoisotopic (exact) mass is 408 g/mol. The number of benzene rings is 2. The van der Waals surface area contributed by atoms with E-state index in [2.05, 4.69) is 20.7 Å². The maximum absolute atomic E-state index is 6.13. The van der Waals surface area contributed by atoms with Crippen molar-refractivity contribution in [3.63, 3.8) is 0 Å². The molecule has 29 heavy (non-hydrogen) atoms. The van der Waals surface area contributed by atoms with Crippen molar-refractivity contribution in [1.29, 1.82) is 0 Å². The van der Waals surface area contributed by atoms with Crippen molar-refractivity contribution < 1.29 is 4.74 Å². The van der Waals surface area contributed by atoms with Gasteiger partial charge in [-0.2, -0.15) is 15.1 Å². The van der Waals surface area contributed by atoms with E-state index in [1.54, 1.807) is 18.0 Å². The van der Waals surface area contributed by atoms with Crippen LogP contribution in [0.2, 0.25) is 5.02 Å². The molecule has 2 aromatic carbocycles. The summed E-state index contributed by atoms with van der Waals surface area (Å²) >= 11 is 6.13. The number of hydrogen-bond donors (Lipinski definition) is 2. The Hall–Kier alpha value is -3.16. The molecule has 0 aliphatic heterocycles. The lowest BCUT2D eigenvalue weighted by Crippen LogP contribution is -2.10. The van der Waals surface area contributed by atoms with Crippen LogP contribution in [-0.4, -0.2) is 40.0 Å². The fourth-order valence-electron chi connectivity index (χ4n) is 2.96. The average Bonchev–Trinajstić information content (AvgIpc) is 3.16. The second kappa shape index (κ2) is 8.89. The SMILES string of the molecule is COCCCNc1nc(Nc2cccc(Cl)c2)c2cnn(-c3ccccc3)c2n1. The molecule has 0 saturated carbocycles. The minimum absolute atomic E-state index is 0.524. The molecule has 8 heteroatoms. The maximum Gasteiger partial charge on any atom is 0.226 e. The summed E-state index contributed by atoms with van der Waals surface area (Å²) < 4.78 is 6.91. The molecular formula is C21H21ClN6O. The predicted molar refractivity (Wildman–Crippen MR) is 116 cm³/mol. The van der Waals surface area contributed by atoms with Crippen LogP contribution in [0.4, 0.5) is 17.5 Å². The van der Waals surface area contributed by atoms with Gasteiger partial charge in [-0.25, -0.2) is 4.68 Å². The molecule has 0 unspecified atom stereocenters. The fraction of sp³-hybridized carbons (Fsp3) is 0.190. The van der Waals surface area contributed by atoms with E-state index in [9.17, 15) is 0 Å². The minimum atomic E-state index is 0.524. The van der Waals surface area contributed by atoms with E-state index in [1.807, 2.05) is 54.6 Å². The third-order valence-electron chi connectivity index (χ3n) is 4.32. The molecule has 0 atom stereocenters. The number of hydrogen-bond acceptors (Lipinski definition) is 6. The molecular weight excluding hydrogens is 388 g/mol. The van der Waals surface area contributed by atoms with Gasteiger partial charge >= 0.3 is 0 Å². The van der Waals surface area contributed by atoms with Crippen LogP contribution in [0.5, 0.6) is 0 Å². The highest BCUT2D eigenvalue weighted by molar-refractivity contribution is 6.30. The molecule has 0 bridgehead atoms. The summed E-state index contributed by atoms with van der Waals surface area (Å²) in [7, 11) is 1.69. The first-order valence-corrected chi connectivity index (χ1v) is 9.69. The predicted octanol–water partition coefficient (Wildman–Crippen LogP) is 4.66. The van der Waals surface area contributed by atoms with Gasteiger partial charge in [-0.15, -0.1) is 0 Å². The molecule has 0 amide bonds. The normalized spacial score (nSPS) is 11.0. The van der Waals surface area contributed by atoms with Gasteiger partial charge in [-0.3, -0.25) is 0 Å². The van der Waals surface area contributed by atoms with E-state index in [4.69, 9.17) is 21.3 Å². The summed E-state index contributed by atoms with van der Waals surface area (Å²) in [5, 5.41) is 12.6. The van der Waals surface area contributed by atoms with Gasteiger partial charge in [0.25, 0.3) is 0 Å². The first kappa shape index (κ1) is 19.2. The standard InChI is InChI=1S/C21H21ClN6O/c1-29-12-6-11-23-21-26-19(25-16-8-5-7-15(22)13-16)18-14-24-28(20(18)27-21)17-9-3-2-4-10-17/h2-5,7-10,13-14H,6,11-12H2,1H3,(H2,23,25,26,27). The Morgan fingerprint density at radius 2 is 1.93 bits per heavy atom. The van der Waals surface area contributed by atoms with Crippen molar-refractivity contribution in [3.05, 3.63) is 65.8 Å². The number of nitrogens with zero attached hydrogens (tertiary/aromatic N) is 4. The summed E-state index contributed by atoms with van der Waals surface area (Å²) in [6, 6.07) is 17.4. The largest absolute Gasteiger partial charge is 0.385 e. The van der Waals surface area contributed by atoms with Crippen molar-refractivity contribution in [2.24, 2.45) is 0 Å². The Balaban J connectivity index is 1.74. The van der Waals surface area contributed by atoms with Gasteiger partial charge in [-0.05, 0) is 36.8 Å². The summed E-state index contributed by atoms with van der Waals surface area (Å²) in [5.41, 5.74) is 2.49. The third kappa shape index (κ3) is 4.47. The summed E-state index contributed by atoms with van der Waals surface area (Å²) in [5.74, 6) is 1.18. The molecule has 7 nitrogen and oxygen atoms in total. The number of halogens is 1. The highest BCUT2D eigenvalue weighted by atomic mass is 35.5. The van der Waals surface area contributed by atoms with Crippen LogP contribution in [0.15, 0.2) is 60.8 Å². The van der Waals surface area contributed by atoms with E-state index in [0.29, 0.717) is 35.6 Å². The molecule has 2 heterocycles. The molecule has 2 N–H and O–H groups in total. The van der Waals surface area contributed by atoms with Gasteiger partial charge in [0.05, 0.1) is 17.3 Å². The number of ether oxygens (including phenoxy) is 1. The highest BCUT2D eigenvalue weighted by Crippen LogP contribution is 2.27. The second-order valence-corrected chi connectivity index (χ2v) is 6.87. The van der Waals surface area contributed by atoms with Gasteiger partial charge in [0.1, 0.15) is 5.82 Å². The fourth-order valence-corrected chi connectivity index (χ4v) is 3.15. The van der Waals surface area contributed by atoms with Crippen LogP contribution in [0.3, 0.4) is 0 Å². The molecule has 0 saturated heterocycles. The topological polar surface area (TPSA) is 76.9 Å². The Morgan fingerprint density at radius 3 is 2.72 bits per heavy atom. The zero-order chi connectivity index (χ0) is 20.1. The summed E-state index contributed by atoms with van der Waals surface area (Å²) in [6.07, 6.45) is 2.62. The lowest BCUT2D eigenvalue weighted by molar-refractivity contribution is 0.197. The van der Waals surface area contributed by atoms with Gasteiger partial charge in [-0.1, -0.05) is 35.9 Å². The van der Waals surface area contributed by atoms with E-state index < -0.39 is 0 Å². The molecule has 4 aromatic rings. The van der Waals surface area contributed by atoms with Crippen LogP contribution < -0.4 is 10.6 Å². The first-order valence-electron chi connectivity index (χ1n) is 9.31. The molecule has 4 rings (SSSR count). The van der Waals surface area contributed by atoms with Gasteiger partial charge in [0.15, 0.2) is 5.65 Å². The number of rotatable bonds is 8. The summed E-state index contributed by atoms with van der Waals surface area (Å²) in [4.78, 5) is 9.36. The molecule has 0 aliphatic rings. The molecule has 148 valence electrons. The number of anilines is 3. The molecule has 0 radical (unpaired) electrons. The average molecular weight is 409 g/mol. The van der Waals surface area contributed by atoms with Crippen molar-refractivity contribution >= 4 is 40.1 Å². The summed E-state index contributed by atoms with van der Waals surface area (Å²) in [6.45, 7) is 1.38. The van der Waals surface area contributed by atoms with Crippen LogP contribution in [0.25, 0.3) is 16.7 Å². The van der Waals surface area contributed by atoms with E-state index in [0.717, 1.165) is 23.2 Å². The van der Waals surface area contributed by atoms with E-state index in [-0.39, 0.29) is 0 Å². The third-order valence-corrected chi connectivity index (χ3v) is 4.56. The second-order valence-electron chi connectivity index (χ2n) is 6.43. The number of methoxy groups -OCH3 is 1. The van der Waals surface area contributed by atoms with Crippen LogP contribution in [0, 0.1) is 0 Å². The molecule has 0 fully saturated rings. The lowest BCUT2D eigenvalue weighted by atomic mass is 10.3. The lowest BCUT2D eigenvalue weighted by Gasteiger charge is -2.11. The molecule has 0 spiro atoms. The van der Waals surface area contributed by atoms with Crippen LogP contribution in [-0.2, 0) is 4.74 Å². The van der Waals surface area contributed by atoms with Gasteiger partial charge in [0.2, 0.25) is 5.95 Å². The van der Waals surface area contributed by atoms with E-state index >= 15 is 0 Å². The van der Waals surface area contributed by atoms with Crippen LogP contribution in [0.1, 0.15) is 6.42 Å². The Morgan fingerprint density at radius 1 is 1.07 bits per heavy atom. The number of para-hydroxylation sites is 1. The Labute approximate surface area is 173 Å². The highest BCUT2D eigenvalue weighted by Gasteiger charge is 2.14. The Bertz CT molecular complexity index is 1100. The first-order chi connectivity index (χ1) is 14.2. The van der Waals surface area contributed by atoms with Crippen molar-refractivity contribution in [2.75, 3.05) is 30.9 Å². The Kier molecular flexibility index (Phi) is 5.88. The minimum Gasteiger partial charge on any atom is -0.385 e. The van der Waals surface area contributed by atoms with E-state index in [1.165, 1.54) is 0 Å². The zero-order valence-electron chi connectivity index (χ0n) is 16.0. The number of aromatic nitrogens is 4. The molecule has 2 aromatic heterocycles. The maximum atomic E-state index is 6.13. The van der Waals surface area contributed by atoms with Crippen molar-refractivity contribution in [2.45, 2.75) is 6.42 Å². The number of fused-ring (bicyclic) bond motifs is 1. The van der Waals surface area contributed by atoms with Crippen molar-refractivity contribution in [3.8, 4) is 5.69 Å². The van der Waals surface area contributed by atoms with Gasteiger partial charge < -0.3 is 15.4 Å². The quantitative estimate of drug-likeness (QED) is 0.413. The smallest absolute Gasteiger partial charge is 0.226 e. The van der Waals surface area contributed by atoms with Crippen LogP contribution >= 0.6 is 11.6 Å². The van der Waals surface area contributed by atoms with Gasteiger partial charge in [0, 0.05) is 31.0 Å². The van der Waals surface area contributed by atoms with Crippen molar-refractivity contribution in [1.82, 2.24) is 19.7 Å².